The molecule has 1 aliphatic heterocycles. The molecule has 0 N–H and O–H groups in total. The molecule has 0 atom stereocenters. The fraction of sp³-hybridized carbons (Fsp3) is 0.429. The van der Waals surface area contributed by atoms with Crippen LogP contribution in [0, 0.1) is 13.8 Å². The van der Waals surface area contributed by atoms with E-state index >= 15 is 0 Å². The van der Waals surface area contributed by atoms with Crippen molar-refractivity contribution in [3.05, 3.63) is 59.4 Å². The summed E-state index contributed by atoms with van der Waals surface area (Å²) in [5.74, 6) is 0.289. The lowest BCUT2D eigenvalue weighted by Gasteiger charge is -2.24. The van der Waals surface area contributed by atoms with Gasteiger partial charge in [-0.05, 0) is 63.0 Å². The van der Waals surface area contributed by atoms with Crippen LogP contribution in [0.15, 0.2) is 42.7 Å². The van der Waals surface area contributed by atoms with Gasteiger partial charge in [-0.3, -0.25) is 4.90 Å². The predicted molar refractivity (Wildman–Crippen MR) is 97.8 cm³/mol. The molecule has 2 aromatic rings. The number of esters is 1. The van der Waals surface area contributed by atoms with E-state index < -0.39 is 0 Å². The highest BCUT2D eigenvalue weighted by atomic mass is 16.5. The van der Waals surface area contributed by atoms with Crippen LogP contribution in [-0.2, 0) is 6.54 Å². The first-order valence-electron chi connectivity index (χ1n) is 9.12. The highest BCUT2D eigenvalue weighted by Crippen LogP contribution is 2.17. The number of pyridine rings is 1. The Morgan fingerprint density at radius 3 is 2.32 bits per heavy atom. The first kappa shape index (κ1) is 17.6. The Kier molecular flexibility index (Phi) is 5.82. The normalized spacial score (nSPS) is 15.1. The van der Waals surface area contributed by atoms with Gasteiger partial charge in [0.25, 0.3) is 0 Å². The van der Waals surface area contributed by atoms with Gasteiger partial charge >= 0.3 is 5.97 Å². The molecule has 25 heavy (non-hydrogen) atoms. The molecule has 1 aromatic carbocycles. The Hall–Kier alpha value is -2.20. The van der Waals surface area contributed by atoms with Crippen LogP contribution in [0.1, 0.15) is 40.7 Å². The lowest BCUT2D eigenvalue weighted by atomic mass is 10.1. The smallest absolute Gasteiger partial charge is 0.343 e. The fourth-order valence-corrected chi connectivity index (χ4v) is 3.34. The lowest BCUT2D eigenvalue weighted by Crippen LogP contribution is -2.42. The van der Waals surface area contributed by atoms with Gasteiger partial charge in [0, 0.05) is 12.1 Å². The molecule has 1 fully saturated rings. The van der Waals surface area contributed by atoms with E-state index in [-0.39, 0.29) is 5.97 Å². The van der Waals surface area contributed by atoms with Crippen molar-refractivity contribution >= 4 is 5.97 Å². The van der Waals surface area contributed by atoms with E-state index in [0.717, 1.165) is 24.2 Å². The Morgan fingerprint density at radius 2 is 1.68 bits per heavy atom. The quantitative estimate of drug-likeness (QED) is 0.476. The molecule has 1 aromatic heterocycles. The number of carbonyl (C=O) groups excluding carboxylic acids is 1. The van der Waals surface area contributed by atoms with Gasteiger partial charge in [0.2, 0.25) is 0 Å². The maximum atomic E-state index is 12.3. The minimum atomic E-state index is -0.312. The van der Waals surface area contributed by atoms with Crippen LogP contribution in [0.4, 0.5) is 0 Å². The molecule has 0 bridgehead atoms. The summed E-state index contributed by atoms with van der Waals surface area (Å²) in [6.45, 7) is 8.43. The van der Waals surface area contributed by atoms with Crippen molar-refractivity contribution in [1.82, 2.24) is 4.90 Å². The predicted octanol–water partition coefficient (Wildman–Crippen LogP) is 3.30. The molecule has 0 unspecified atom stereocenters. The van der Waals surface area contributed by atoms with Crippen molar-refractivity contribution in [2.45, 2.75) is 39.7 Å². The number of piperidine rings is 1. The zero-order valence-corrected chi connectivity index (χ0v) is 15.2. The van der Waals surface area contributed by atoms with Gasteiger partial charge in [0.05, 0.1) is 12.1 Å². The van der Waals surface area contributed by atoms with E-state index in [1.54, 1.807) is 0 Å². The summed E-state index contributed by atoms with van der Waals surface area (Å²) in [4.78, 5) is 14.8. The number of ether oxygens (including phenoxy) is 1. The summed E-state index contributed by atoms with van der Waals surface area (Å²) in [5.41, 5.74) is 2.76. The summed E-state index contributed by atoms with van der Waals surface area (Å²) in [6, 6.07) is 9.49. The number of nitrogens with zero attached hydrogens (tertiary/aromatic N) is 2. The number of rotatable bonds is 5. The highest BCUT2D eigenvalue weighted by Gasteiger charge is 2.14. The van der Waals surface area contributed by atoms with Crippen molar-refractivity contribution in [2.75, 3.05) is 19.6 Å². The molecule has 0 aliphatic carbocycles. The molecule has 0 radical (unpaired) electrons. The van der Waals surface area contributed by atoms with Crippen LogP contribution < -0.4 is 9.30 Å². The maximum absolute atomic E-state index is 12.3. The van der Waals surface area contributed by atoms with Gasteiger partial charge in [-0.15, -0.1) is 0 Å². The van der Waals surface area contributed by atoms with Gasteiger partial charge in [-0.25, -0.2) is 9.36 Å². The van der Waals surface area contributed by atoms with Crippen molar-refractivity contribution < 1.29 is 14.1 Å². The summed E-state index contributed by atoms with van der Waals surface area (Å²) in [6.07, 6.45) is 7.91. The van der Waals surface area contributed by atoms with E-state index in [0.29, 0.717) is 11.3 Å². The zero-order valence-electron chi connectivity index (χ0n) is 15.2. The summed E-state index contributed by atoms with van der Waals surface area (Å²) >= 11 is 0. The SMILES string of the molecule is Cc1cc(C)cc(OC(=O)c2cc[n+](CCN3CCCCC3)cc2)c1. The Bertz CT molecular complexity index is 699. The Morgan fingerprint density at radius 1 is 1.04 bits per heavy atom. The molecule has 1 saturated heterocycles. The third kappa shape index (κ3) is 5.13. The van der Waals surface area contributed by atoms with Crippen LogP contribution in [0.3, 0.4) is 0 Å². The molecular formula is C21H27N2O2+. The van der Waals surface area contributed by atoms with Gasteiger partial charge < -0.3 is 4.74 Å². The lowest BCUT2D eigenvalue weighted by molar-refractivity contribution is -0.696. The average molecular weight is 339 g/mol. The first-order chi connectivity index (χ1) is 12.1. The average Bonchev–Trinajstić information content (AvgIpc) is 2.60. The number of aromatic nitrogens is 1. The fourth-order valence-electron chi connectivity index (χ4n) is 3.34. The van der Waals surface area contributed by atoms with Crippen molar-refractivity contribution in [3.8, 4) is 5.75 Å². The third-order valence-corrected chi connectivity index (χ3v) is 4.66. The molecule has 3 rings (SSSR count). The van der Waals surface area contributed by atoms with Crippen molar-refractivity contribution in [1.29, 1.82) is 0 Å². The molecule has 4 nitrogen and oxygen atoms in total. The Balaban J connectivity index is 1.56. The largest absolute Gasteiger partial charge is 0.423 e. The third-order valence-electron chi connectivity index (χ3n) is 4.66. The number of hydrogen-bond acceptors (Lipinski definition) is 3. The molecule has 4 heteroatoms. The number of carbonyl (C=O) groups is 1. The zero-order chi connectivity index (χ0) is 17.6. The van der Waals surface area contributed by atoms with Gasteiger partial charge in [0.15, 0.2) is 18.9 Å². The Labute approximate surface area is 150 Å². The minimum Gasteiger partial charge on any atom is -0.423 e. The topological polar surface area (TPSA) is 33.4 Å². The minimum absolute atomic E-state index is 0.312. The first-order valence-corrected chi connectivity index (χ1v) is 9.12. The summed E-state index contributed by atoms with van der Waals surface area (Å²) in [5, 5.41) is 0. The second-order valence-electron chi connectivity index (χ2n) is 6.94. The van der Waals surface area contributed by atoms with Crippen LogP contribution in [0.5, 0.6) is 5.75 Å². The van der Waals surface area contributed by atoms with Gasteiger partial charge in [0.1, 0.15) is 5.75 Å². The number of likely N-dealkylation sites (tertiary alicyclic amines) is 1. The van der Waals surface area contributed by atoms with E-state index in [1.165, 1.54) is 32.4 Å². The van der Waals surface area contributed by atoms with E-state index in [1.807, 2.05) is 50.5 Å². The number of hydrogen-bond donors (Lipinski definition) is 0. The monoisotopic (exact) mass is 339 g/mol. The van der Waals surface area contributed by atoms with Crippen LogP contribution in [0.2, 0.25) is 0 Å². The second kappa shape index (κ2) is 8.26. The number of benzene rings is 1. The molecule has 2 heterocycles. The van der Waals surface area contributed by atoms with Crippen LogP contribution in [-0.4, -0.2) is 30.5 Å². The molecule has 0 amide bonds. The highest BCUT2D eigenvalue weighted by molar-refractivity contribution is 5.90. The van der Waals surface area contributed by atoms with E-state index in [4.69, 9.17) is 4.74 Å². The maximum Gasteiger partial charge on any atom is 0.343 e. The molecule has 0 spiro atoms. The van der Waals surface area contributed by atoms with E-state index in [9.17, 15) is 4.79 Å². The summed E-state index contributed by atoms with van der Waals surface area (Å²) in [7, 11) is 0. The molecular weight excluding hydrogens is 312 g/mol. The molecule has 132 valence electrons. The van der Waals surface area contributed by atoms with Gasteiger partial charge in [-0.1, -0.05) is 12.5 Å². The standard InChI is InChI=1S/C21H27N2O2/c1-17-14-18(2)16-20(15-17)25-21(24)19-6-10-23(11-7-19)13-12-22-8-4-3-5-9-22/h6-7,10-11,14-16H,3-5,8-9,12-13H2,1-2H3/q+1. The van der Waals surface area contributed by atoms with Crippen LogP contribution in [0.25, 0.3) is 0 Å². The molecule has 1 aliphatic rings. The van der Waals surface area contributed by atoms with Gasteiger partial charge in [-0.2, -0.15) is 0 Å². The van der Waals surface area contributed by atoms with E-state index in [2.05, 4.69) is 15.5 Å². The van der Waals surface area contributed by atoms with Crippen LogP contribution >= 0.6 is 0 Å². The molecule has 0 saturated carbocycles. The van der Waals surface area contributed by atoms with Crippen molar-refractivity contribution in [3.63, 3.8) is 0 Å². The second-order valence-corrected chi connectivity index (χ2v) is 6.94. The summed E-state index contributed by atoms with van der Waals surface area (Å²) < 4.78 is 7.63. The van der Waals surface area contributed by atoms with Crippen molar-refractivity contribution in [2.24, 2.45) is 0 Å². The number of aryl methyl sites for hydroxylation is 2.